The van der Waals surface area contributed by atoms with Crippen LogP contribution in [0.3, 0.4) is 0 Å². The first-order valence-corrected chi connectivity index (χ1v) is 12.7. The summed E-state index contributed by atoms with van der Waals surface area (Å²) in [6.45, 7) is 3.14. The molecule has 4 aromatic rings. The van der Waals surface area contributed by atoms with E-state index in [0.717, 1.165) is 31.6 Å². The summed E-state index contributed by atoms with van der Waals surface area (Å²) in [7, 11) is 1.81. The first-order valence-electron chi connectivity index (χ1n) is 11.7. The van der Waals surface area contributed by atoms with E-state index < -0.39 is 7.12 Å². The fraction of sp³-hybridized carbons (Fsp3) is 0.133. The first kappa shape index (κ1) is 30.8. The number of hydrogen-bond donors (Lipinski definition) is 2. The predicted octanol–water partition coefficient (Wildman–Crippen LogP) is 5.43. The van der Waals surface area contributed by atoms with Gasteiger partial charge >= 0.3 is 7.12 Å². The van der Waals surface area contributed by atoms with Crippen LogP contribution in [0.2, 0.25) is 0 Å². The van der Waals surface area contributed by atoms with Crippen molar-refractivity contribution in [1.29, 1.82) is 0 Å². The van der Waals surface area contributed by atoms with E-state index in [1.807, 2.05) is 72.8 Å². The molecule has 0 unspecified atom stereocenters. The Morgan fingerprint density at radius 3 is 1.29 bits per heavy atom. The Bertz CT molecular complexity index is 1290. The molecule has 0 saturated heterocycles. The molecule has 6 nitrogen and oxygen atoms in total. The number of ketones is 2. The molecule has 0 fully saturated rings. The van der Waals surface area contributed by atoms with Gasteiger partial charge in [0.15, 0.2) is 11.6 Å². The smallest absolute Gasteiger partial charge is 0.488 e. The predicted molar refractivity (Wildman–Crippen MR) is 160 cm³/mol. The van der Waals surface area contributed by atoms with Gasteiger partial charge in [-0.15, -0.1) is 0 Å². The molecule has 0 aliphatic heterocycles. The number of carbonyl (C=O) groups is 2. The van der Waals surface area contributed by atoms with Gasteiger partial charge in [-0.25, -0.2) is 0 Å². The van der Waals surface area contributed by atoms with Crippen LogP contribution < -0.4 is 14.9 Å². The van der Waals surface area contributed by atoms with E-state index in [4.69, 9.17) is 19.5 Å². The summed E-state index contributed by atoms with van der Waals surface area (Å²) < 4.78 is 11.2. The third-order valence-electron chi connectivity index (χ3n) is 5.38. The lowest BCUT2D eigenvalue weighted by atomic mass is 9.80. The number of halogens is 1. The van der Waals surface area contributed by atoms with Crippen molar-refractivity contribution in [3.05, 3.63) is 112 Å². The van der Waals surface area contributed by atoms with Crippen molar-refractivity contribution in [2.45, 2.75) is 13.8 Å². The van der Waals surface area contributed by atoms with Crippen molar-refractivity contribution in [2.75, 3.05) is 14.2 Å². The summed E-state index contributed by atoms with van der Waals surface area (Å²) >= 11 is 2.21. The van der Waals surface area contributed by atoms with Gasteiger partial charge in [-0.2, -0.15) is 0 Å². The van der Waals surface area contributed by atoms with Crippen molar-refractivity contribution in [3.63, 3.8) is 0 Å². The maximum absolute atomic E-state index is 11.2. The quantitative estimate of drug-likeness (QED) is 0.169. The number of ether oxygens (including phenoxy) is 2. The lowest BCUT2D eigenvalue weighted by Gasteiger charge is -2.04. The summed E-state index contributed by atoms with van der Waals surface area (Å²) in [5.41, 5.74) is 4.19. The van der Waals surface area contributed by atoms with Crippen LogP contribution in [0.5, 0.6) is 11.5 Å². The zero-order chi connectivity index (χ0) is 28.1. The van der Waals surface area contributed by atoms with Crippen molar-refractivity contribution >= 4 is 46.7 Å². The maximum Gasteiger partial charge on any atom is 0.488 e. The highest BCUT2D eigenvalue weighted by molar-refractivity contribution is 14.1. The van der Waals surface area contributed by atoms with E-state index in [1.54, 1.807) is 52.3 Å². The second-order valence-electron chi connectivity index (χ2n) is 8.07. The molecule has 4 rings (SSSR count). The molecule has 196 valence electrons. The third kappa shape index (κ3) is 10.1. The Hall–Kier alpha value is -3.47. The Morgan fingerprint density at radius 1 is 0.605 bits per heavy atom. The molecule has 0 bridgehead atoms. The van der Waals surface area contributed by atoms with Crippen molar-refractivity contribution in [2.24, 2.45) is 0 Å². The van der Waals surface area contributed by atoms with Crippen LogP contribution in [0.15, 0.2) is 97.1 Å². The van der Waals surface area contributed by atoms with Crippen LogP contribution in [-0.4, -0.2) is 43.0 Å². The minimum Gasteiger partial charge on any atom is -0.497 e. The molecule has 0 aliphatic carbocycles. The van der Waals surface area contributed by atoms with Gasteiger partial charge in [0, 0.05) is 14.7 Å². The van der Waals surface area contributed by atoms with E-state index in [1.165, 1.54) is 0 Å². The summed E-state index contributed by atoms with van der Waals surface area (Å²) in [4.78, 5) is 21.9. The molecule has 0 atom stereocenters. The number of benzene rings is 4. The number of methoxy groups -OCH3 is 2. The van der Waals surface area contributed by atoms with Gasteiger partial charge in [0.05, 0.1) is 14.2 Å². The number of Topliss-reactive ketones (excluding diaryl/α,β-unsaturated/α-hetero) is 2. The number of hydrogen-bond acceptors (Lipinski definition) is 6. The highest BCUT2D eigenvalue weighted by Gasteiger charge is 2.09. The van der Waals surface area contributed by atoms with Crippen LogP contribution in [-0.2, 0) is 0 Å². The van der Waals surface area contributed by atoms with Gasteiger partial charge in [-0.05, 0) is 89.4 Å². The topological polar surface area (TPSA) is 93.1 Å². The van der Waals surface area contributed by atoms with Crippen LogP contribution in [0.4, 0.5) is 0 Å². The van der Waals surface area contributed by atoms with E-state index >= 15 is 0 Å². The lowest BCUT2D eigenvalue weighted by Crippen LogP contribution is -2.29. The zero-order valence-electron chi connectivity index (χ0n) is 21.7. The molecule has 0 saturated carbocycles. The summed E-state index contributed by atoms with van der Waals surface area (Å²) in [5, 5.41) is 17.4. The average molecular weight is 624 g/mol. The molecule has 0 aliphatic rings. The zero-order valence-corrected chi connectivity index (χ0v) is 23.9. The van der Waals surface area contributed by atoms with Crippen molar-refractivity contribution in [1.82, 2.24) is 0 Å². The van der Waals surface area contributed by atoms with E-state index in [0.29, 0.717) is 11.2 Å². The van der Waals surface area contributed by atoms with E-state index in [-0.39, 0.29) is 11.6 Å². The number of rotatable bonds is 6. The molecule has 0 amide bonds. The van der Waals surface area contributed by atoms with Gasteiger partial charge in [-0.1, -0.05) is 60.7 Å². The molecular formula is C30H30BIO6. The van der Waals surface area contributed by atoms with E-state index in [9.17, 15) is 9.59 Å². The highest BCUT2D eigenvalue weighted by atomic mass is 127. The normalized spacial score (nSPS) is 9.66. The van der Waals surface area contributed by atoms with Gasteiger partial charge in [0.25, 0.3) is 0 Å². The Labute approximate surface area is 237 Å². The summed E-state index contributed by atoms with van der Waals surface area (Å²) in [5.74, 6) is 1.76. The highest BCUT2D eigenvalue weighted by Crippen LogP contribution is 2.22. The second kappa shape index (κ2) is 15.7. The van der Waals surface area contributed by atoms with Gasteiger partial charge in [0.1, 0.15) is 11.5 Å². The van der Waals surface area contributed by atoms with Crippen molar-refractivity contribution in [3.8, 4) is 22.6 Å². The van der Waals surface area contributed by atoms with Crippen LogP contribution >= 0.6 is 22.6 Å². The van der Waals surface area contributed by atoms with Crippen molar-refractivity contribution < 1.29 is 29.1 Å². The monoisotopic (exact) mass is 624 g/mol. The minimum absolute atomic E-state index is 0.0891. The molecule has 38 heavy (non-hydrogen) atoms. The van der Waals surface area contributed by atoms with Crippen LogP contribution in [0, 0.1) is 3.57 Å². The molecule has 2 N–H and O–H groups in total. The molecule has 0 spiro atoms. The first-order chi connectivity index (χ1) is 18.1. The second-order valence-corrected chi connectivity index (χ2v) is 9.32. The number of carbonyl (C=O) groups excluding carboxylic acids is 2. The minimum atomic E-state index is -1.40. The average Bonchev–Trinajstić information content (AvgIpc) is 2.94. The Morgan fingerprint density at radius 2 is 0.947 bits per heavy atom. The largest absolute Gasteiger partial charge is 0.497 e. The van der Waals surface area contributed by atoms with Gasteiger partial charge in [0.2, 0.25) is 0 Å². The molecule has 0 radical (unpaired) electrons. The summed E-state index contributed by atoms with van der Waals surface area (Å²) in [6.07, 6.45) is 0. The van der Waals surface area contributed by atoms with Crippen LogP contribution in [0.25, 0.3) is 11.1 Å². The molecule has 0 aromatic heterocycles. The SMILES string of the molecule is CC(=O)c1ccc(I)cc1.COc1ccc(-c2ccc(C(C)=O)cc2)cc1.COc1ccc(B(O)O)cc1. The Kier molecular flexibility index (Phi) is 12.7. The lowest BCUT2D eigenvalue weighted by molar-refractivity contribution is 0.100. The summed E-state index contributed by atoms with van der Waals surface area (Å²) in [6, 6.07) is 29.5. The van der Waals surface area contributed by atoms with Gasteiger partial charge in [-0.3, -0.25) is 9.59 Å². The van der Waals surface area contributed by atoms with Gasteiger partial charge < -0.3 is 19.5 Å². The third-order valence-corrected chi connectivity index (χ3v) is 6.10. The molecule has 0 heterocycles. The standard InChI is InChI=1S/C15H14O2.C8H7IO.C7H9BO3/c1-11(16)12-3-5-13(6-4-12)14-7-9-15(17-2)10-8-14;1-6(10)7-2-4-8(9)5-3-7;1-11-7-4-2-6(3-5-7)8(9)10/h3-10H,1-2H3;2-5H,1H3;2-5,9-10H,1H3. The fourth-order valence-electron chi connectivity index (χ4n) is 3.14. The maximum atomic E-state index is 11.2. The van der Waals surface area contributed by atoms with E-state index in [2.05, 4.69) is 22.6 Å². The molecule has 4 aromatic carbocycles. The van der Waals surface area contributed by atoms with Crippen LogP contribution in [0.1, 0.15) is 34.6 Å². The Balaban J connectivity index is 0.000000211. The fourth-order valence-corrected chi connectivity index (χ4v) is 3.50. The molecule has 8 heteroatoms. The molecular weight excluding hydrogens is 594 g/mol.